The van der Waals surface area contributed by atoms with Crippen LogP contribution in [0.15, 0.2) is 30.3 Å². The molecule has 1 heterocycles. The maximum atomic E-state index is 12.3. The molecule has 6 heteroatoms. The van der Waals surface area contributed by atoms with Gasteiger partial charge >= 0.3 is 0 Å². The van der Waals surface area contributed by atoms with Crippen molar-refractivity contribution in [3.8, 4) is 0 Å². The molecule has 0 saturated carbocycles. The minimum Gasteiger partial charge on any atom is -0.355 e. The highest BCUT2D eigenvalue weighted by atomic mass is 35.5. The zero-order chi connectivity index (χ0) is 16.7. The predicted octanol–water partition coefficient (Wildman–Crippen LogP) is 3.40. The summed E-state index contributed by atoms with van der Waals surface area (Å²) in [6.45, 7) is 8.31. The quantitative estimate of drug-likeness (QED) is 0.750. The molecule has 25 heavy (non-hydrogen) atoms. The molecular weight excluding hydrogens is 357 g/mol. The van der Waals surface area contributed by atoms with Crippen LogP contribution < -0.4 is 11.1 Å². The van der Waals surface area contributed by atoms with Crippen molar-refractivity contribution in [2.45, 2.75) is 39.2 Å². The zero-order valence-corrected chi connectivity index (χ0v) is 17.0. The van der Waals surface area contributed by atoms with Crippen molar-refractivity contribution < 1.29 is 4.79 Å². The normalized spacial score (nSPS) is 18.2. The van der Waals surface area contributed by atoms with E-state index in [1.54, 1.807) is 0 Å². The van der Waals surface area contributed by atoms with Crippen molar-refractivity contribution in [3.63, 3.8) is 0 Å². The van der Waals surface area contributed by atoms with Crippen molar-refractivity contribution in [2.75, 3.05) is 26.2 Å². The summed E-state index contributed by atoms with van der Waals surface area (Å²) >= 11 is 0. The first kappa shape index (κ1) is 24.2. The number of piperidine rings is 1. The summed E-state index contributed by atoms with van der Waals surface area (Å²) in [5.41, 5.74) is 7.24. The second kappa shape index (κ2) is 12.5. The Balaban J connectivity index is 0.00000288. The van der Waals surface area contributed by atoms with Crippen LogP contribution in [-0.2, 0) is 4.79 Å². The van der Waals surface area contributed by atoms with Gasteiger partial charge in [-0.25, -0.2) is 0 Å². The van der Waals surface area contributed by atoms with Crippen molar-refractivity contribution in [1.82, 2.24) is 10.2 Å². The lowest BCUT2D eigenvalue weighted by molar-refractivity contribution is -0.125. The highest BCUT2D eigenvalue weighted by Crippen LogP contribution is 2.19. The van der Waals surface area contributed by atoms with E-state index < -0.39 is 0 Å². The number of benzene rings is 1. The highest BCUT2D eigenvalue weighted by molar-refractivity contribution is 5.85. The molecule has 1 saturated heterocycles. The molecule has 1 aromatic rings. The summed E-state index contributed by atoms with van der Waals surface area (Å²) in [6, 6.07) is 9.58. The third-order valence-electron chi connectivity index (χ3n) is 4.78. The molecule has 0 bridgehead atoms. The van der Waals surface area contributed by atoms with Gasteiger partial charge in [0, 0.05) is 19.1 Å². The number of carbonyl (C=O) groups is 1. The molecule has 0 aliphatic carbocycles. The largest absolute Gasteiger partial charge is 0.355 e. The van der Waals surface area contributed by atoms with Crippen LogP contribution >= 0.6 is 24.8 Å². The zero-order valence-electron chi connectivity index (χ0n) is 15.3. The van der Waals surface area contributed by atoms with Gasteiger partial charge in [0.05, 0.1) is 5.92 Å². The van der Waals surface area contributed by atoms with Gasteiger partial charge < -0.3 is 16.0 Å². The average molecular weight is 390 g/mol. The Bertz CT molecular complexity index is 481. The Labute approximate surface area is 164 Å². The fourth-order valence-electron chi connectivity index (χ4n) is 3.21. The number of nitrogens with zero attached hydrogens (tertiary/aromatic N) is 1. The lowest BCUT2D eigenvalue weighted by Crippen LogP contribution is -2.41. The van der Waals surface area contributed by atoms with Gasteiger partial charge in [-0.15, -0.1) is 24.8 Å². The van der Waals surface area contributed by atoms with Crippen LogP contribution in [0.5, 0.6) is 0 Å². The molecule has 0 spiro atoms. The molecule has 1 aromatic carbocycles. The Hall–Kier alpha value is -0.810. The van der Waals surface area contributed by atoms with Crippen LogP contribution in [0.1, 0.15) is 44.7 Å². The Kier molecular flexibility index (Phi) is 12.1. The lowest BCUT2D eigenvalue weighted by atomic mass is 9.94. The van der Waals surface area contributed by atoms with E-state index in [0.717, 1.165) is 18.7 Å². The molecule has 1 aliphatic rings. The molecule has 3 unspecified atom stereocenters. The Morgan fingerprint density at radius 2 is 1.72 bits per heavy atom. The minimum absolute atomic E-state index is 0. The molecule has 1 aliphatic heterocycles. The van der Waals surface area contributed by atoms with Crippen molar-refractivity contribution in [3.05, 3.63) is 35.9 Å². The van der Waals surface area contributed by atoms with E-state index in [0.29, 0.717) is 5.92 Å². The van der Waals surface area contributed by atoms with E-state index in [1.165, 1.54) is 32.4 Å². The molecular formula is C19H33Cl2N3O. The van der Waals surface area contributed by atoms with Crippen LogP contribution in [0, 0.1) is 11.8 Å². The number of nitrogens with two attached hydrogens (primary N) is 1. The van der Waals surface area contributed by atoms with Crippen molar-refractivity contribution in [1.29, 1.82) is 0 Å². The maximum absolute atomic E-state index is 12.3. The number of hydrogen-bond donors (Lipinski definition) is 2. The van der Waals surface area contributed by atoms with Crippen molar-refractivity contribution in [2.24, 2.45) is 17.6 Å². The molecule has 0 aromatic heterocycles. The summed E-state index contributed by atoms with van der Waals surface area (Å²) in [5, 5.41) is 3.08. The number of hydrogen-bond acceptors (Lipinski definition) is 3. The molecule has 0 radical (unpaired) electrons. The van der Waals surface area contributed by atoms with Gasteiger partial charge in [-0.2, -0.15) is 0 Å². The monoisotopic (exact) mass is 389 g/mol. The number of rotatable bonds is 7. The smallest absolute Gasteiger partial charge is 0.224 e. The van der Waals surface area contributed by atoms with E-state index in [2.05, 4.69) is 17.1 Å². The van der Waals surface area contributed by atoms with Crippen molar-refractivity contribution >= 4 is 30.7 Å². The van der Waals surface area contributed by atoms with E-state index >= 15 is 0 Å². The highest BCUT2D eigenvalue weighted by Gasteiger charge is 2.22. The van der Waals surface area contributed by atoms with E-state index in [1.807, 2.05) is 37.3 Å². The third-order valence-corrected chi connectivity index (χ3v) is 4.78. The molecule has 3 atom stereocenters. The number of carbonyl (C=O) groups excluding carboxylic acids is 1. The Morgan fingerprint density at radius 3 is 2.32 bits per heavy atom. The fourth-order valence-corrected chi connectivity index (χ4v) is 3.21. The van der Waals surface area contributed by atoms with Crippen LogP contribution in [-0.4, -0.2) is 37.0 Å². The van der Waals surface area contributed by atoms with Gasteiger partial charge in [0.2, 0.25) is 5.91 Å². The van der Waals surface area contributed by atoms with E-state index in [-0.39, 0.29) is 42.7 Å². The number of nitrogens with one attached hydrogen (secondary N) is 1. The maximum Gasteiger partial charge on any atom is 0.224 e. The molecule has 144 valence electrons. The van der Waals surface area contributed by atoms with Crippen LogP contribution in [0.2, 0.25) is 0 Å². The standard InChI is InChI=1S/C19H31N3O.2ClH/c1-15(14-22-11-7-4-8-12-22)13-21-19(23)16(2)18(20)17-9-5-3-6-10-17;;/h3,5-6,9-10,15-16,18H,4,7-8,11-14,20H2,1-2H3,(H,21,23);2*1H. The van der Waals surface area contributed by atoms with Gasteiger partial charge in [-0.05, 0) is 37.4 Å². The number of likely N-dealkylation sites (tertiary alicyclic amines) is 1. The topological polar surface area (TPSA) is 58.4 Å². The molecule has 2 rings (SSSR count). The number of halogens is 2. The van der Waals surface area contributed by atoms with E-state index in [9.17, 15) is 4.79 Å². The van der Waals surface area contributed by atoms with E-state index in [4.69, 9.17) is 5.73 Å². The fraction of sp³-hybridized carbons (Fsp3) is 0.632. The minimum atomic E-state index is -0.256. The molecule has 3 N–H and O–H groups in total. The van der Waals surface area contributed by atoms with Crippen LogP contribution in [0.3, 0.4) is 0 Å². The summed E-state index contributed by atoms with van der Waals surface area (Å²) in [7, 11) is 0. The second-order valence-electron chi connectivity index (χ2n) is 6.94. The number of amides is 1. The summed E-state index contributed by atoms with van der Waals surface area (Å²) < 4.78 is 0. The van der Waals surface area contributed by atoms with Gasteiger partial charge in [0.1, 0.15) is 0 Å². The molecule has 1 fully saturated rings. The molecule has 1 amide bonds. The predicted molar refractivity (Wildman–Crippen MR) is 109 cm³/mol. The van der Waals surface area contributed by atoms with Gasteiger partial charge in [-0.3, -0.25) is 4.79 Å². The van der Waals surface area contributed by atoms with Crippen LogP contribution in [0.4, 0.5) is 0 Å². The summed E-state index contributed by atoms with van der Waals surface area (Å²) in [5.74, 6) is 0.295. The summed E-state index contributed by atoms with van der Waals surface area (Å²) in [4.78, 5) is 14.9. The summed E-state index contributed by atoms with van der Waals surface area (Å²) in [6.07, 6.45) is 3.97. The van der Waals surface area contributed by atoms with Crippen LogP contribution in [0.25, 0.3) is 0 Å². The average Bonchev–Trinajstić information content (AvgIpc) is 2.60. The molecule has 4 nitrogen and oxygen atoms in total. The first-order valence-corrected chi connectivity index (χ1v) is 8.88. The van der Waals surface area contributed by atoms with Gasteiger partial charge in [-0.1, -0.05) is 50.6 Å². The lowest BCUT2D eigenvalue weighted by Gasteiger charge is -2.29. The third kappa shape index (κ3) is 7.95. The van der Waals surface area contributed by atoms with Gasteiger partial charge in [0.25, 0.3) is 0 Å². The SMILES string of the molecule is CC(CNC(=O)C(C)C(N)c1ccccc1)CN1CCCCC1.Cl.Cl. The first-order chi connectivity index (χ1) is 11.1. The van der Waals surface area contributed by atoms with Gasteiger partial charge in [0.15, 0.2) is 0 Å². The second-order valence-corrected chi connectivity index (χ2v) is 6.94. The Morgan fingerprint density at radius 1 is 1.12 bits per heavy atom. The first-order valence-electron chi connectivity index (χ1n) is 8.88.